The first-order valence-electron chi connectivity index (χ1n) is 11.6. The molecule has 0 bridgehead atoms. The van der Waals surface area contributed by atoms with Gasteiger partial charge in [0.25, 0.3) is 5.56 Å². The molecule has 0 radical (unpaired) electrons. The van der Waals surface area contributed by atoms with Crippen LogP contribution in [0.2, 0.25) is 0 Å². The lowest BCUT2D eigenvalue weighted by Gasteiger charge is -2.34. The standard InChI is InChI=1S/C24H30N4O5S2/c1-5-33-19-8-6-18(7-9-19)26-20(29)13-27-14-25-23-21(24(27)30)22(17(4)34-23)35(31,32)28-11-15(2)10-16(3)12-28/h6-9,14-16H,5,10-13H2,1-4H3,(H,26,29). The normalized spacial score (nSPS) is 19.1. The topological polar surface area (TPSA) is 111 Å². The van der Waals surface area contributed by atoms with Crippen LogP contribution in [0.1, 0.15) is 32.1 Å². The summed E-state index contributed by atoms with van der Waals surface area (Å²) in [5.74, 6) is 0.738. The van der Waals surface area contributed by atoms with E-state index in [1.54, 1.807) is 31.2 Å². The molecule has 9 nitrogen and oxygen atoms in total. The quantitative estimate of drug-likeness (QED) is 0.513. The van der Waals surface area contributed by atoms with Crippen molar-refractivity contribution in [3.05, 3.63) is 45.8 Å². The Morgan fingerprint density at radius 2 is 1.86 bits per heavy atom. The summed E-state index contributed by atoms with van der Waals surface area (Å²) < 4.78 is 35.3. The van der Waals surface area contributed by atoms with Crippen LogP contribution in [0.3, 0.4) is 0 Å². The number of piperidine rings is 1. The van der Waals surface area contributed by atoms with Crippen LogP contribution in [0.5, 0.6) is 5.75 Å². The van der Waals surface area contributed by atoms with Gasteiger partial charge in [-0.2, -0.15) is 4.31 Å². The minimum absolute atomic E-state index is 0.0116. The smallest absolute Gasteiger partial charge is 0.263 e. The van der Waals surface area contributed by atoms with Crippen LogP contribution < -0.4 is 15.6 Å². The van der Waals surface area contributed by atoms with Crippen molar-refractivity contribution in [1.29, 1.82) is 0 Å². The van der Waals surface area contributed by atoms with Crippen LogP contribution in [0.4, 0.5) is 5.69 Å². The van der Waals surface area contributed by atoms with Crippen LogP contribution in [0, 0.1) is 18.8 Å². The second kappa shape index (κ2) is 10.1. The van der Waals surface area contributed by atoms with E-state index in [2.05, 4.69) is 10.3 Å². The van der Waals surface area contributed by atoms with Gasteiger partial charge in [-0.15, -0.1) is 11.3 Å². The molecule has 1 saturated heterocycles. The number of sulfonamides is 1. The summed E-state index contributed by atoms with van der Waals surface area (Å²) in [7, 11) is -3.89. The van der Waals surface area contributed by atoms with Gasteiger partial charge < -0.3 is 10.1 Å². The number of amides is 1. The third kappa shape index (κ3) is 5.26. The summed E-state index contributed by atoms with van der Waals surface area (Å²) in [4.78, 5) is 31.2. The molecule has 1 N–H and O–H groups in total. The first kappa shape index (κ1) is 25.3. The zero-order valence-corrected chi connectivity index (χ0v) is 21.9. The summed E-state index contributed by atoms with van der Waals surface area (Å²) in [6.07, 6.45) is 2.26. The fraction of sp³-hybridized carbons (Fsp3) is 0.458. The van der Waals surface area contributed by atoms with Crippen LogP contribution in [-0.2, 0) is 21.4 Å². The van der Waals surface area contributed by atoms with Crippen molar-refractivity contribution >= 4 is 43.2 Å². The maximum Gasteiger partial charge on any atom is 0.263 e. The fourth-order valence-corrected chi connectivity index (χ4v) is 7.97. The molecule has 3 heterocycles. The predicted octanol–water partition coefficient (Wildman–Crippen LogP) is 3.47. The maximum absolute atomic E-state index is 13.6. The molecule has 2 atom stereocenters. The molecule has 1 aliphatic rings. The van der Waals surface area contributed by atoms with Crippen LogP contribution in [0.25, 0.3) is 10.2 Å². The Hall–Kier alpha value is -2.76. The van der Waals surface area contributed by atoms with Crippen LogP contribution in [0.15, 0.2) is 40.3 Å². The highest BCUT2D eigenvalue weighted by molar-refractivity contribution is 7.89. The van der Waals surface area contributed by atoms with Gasteiger partial charge in [-0.25, -0.2) is 13.4 Å². The third-order valence-corrected chi connectivity index (χ3v) is 9.14. The van der Waals surface area contributed by atoms with Crippen LogP contribution in [-0.4, -0.2) is 47.9 Å². The average molecular weight is 519 g/mol. The molecule has 2 unspecified atom stereocenters. The molecule has 11 heteroatoms. The molecule has 0 spiro atoms. The molecular weight excluding hydrogens is 488 g/mol. The number of aryl methyl sites for hydroxylation is 1. The molecule has 188 valence electrons. The number of hydrogen-bond donors (Lipinski definition) is 1. The van der Waals surface area contributed by atoms with Crippen molar-refractivity contribution in [3.63, 3.8) is 0 Å². The minimum Gasteiger partial charge on any atom is -0.494 e. The average Bonchev–Trinajstić information content (AvgIpc) is 3.14. The summed E-state index contributed by atoms with van der Waals surface area (Å²) in [6, 6.07) is 6.90. The molecule has 0 aliphatic carbocycles. The number of nitrogens with zero attached hydrogens (tertiary/aromatic N) is 3. The molecule has 4 rings (SSSR count). The molecule has 3 aromatic rings. The van der Waals surface area contributed by atoms with E-state index < -0.39 is 21.5 Å². The number of anilines is 1. The number of carbonyl (C=O) groups is 1. The van der Waals surface area contributed by atoms with Crippen molar-refractivity contribution in [2.75, 3.05) is 25.0 Å². The SMILES string of the molecule is CCOc1ccc(NC(=O)Cn2cnc3sc(C)c(S(=O)(=O)N4CC(C)CC(C)C4)c3c2=O)cc1. The highest BCUT2D eigenvalue weighted by Gasteiger charge is 2.35. The van der Waals surface area contributed by atoms with Gasteiger partial charge in [0.2, 0.25) is 15.9 Å². The Balaban J connectivity index is 1.63. The number of fused-ring (bicyclic) bond motifs is 1. The van der Waals surface area contributed by atoms with Crippen molar-refractivity contribution in [2.24, 2.45) is 11.8 Å². The molecule has 1 aromatic carbocycles. The molecular formula is C24H30N4O5S2. The van der Waals surface area contributed by atoms with E-state index in [4.69, 9.17) is 4.74 Å². The molecule has 35 heavy (non-hydrogen) atoms. The second-order valence-electron chi connectivity index (χ2n) is 9.12. The van der Waals surface area contributed by atoms with E-state index in [-0.39, 0.29) is 28.7 Å². The first-order valence-corrected chi connectivity index (χ1v) is 13.9. The van der Waals surface area contributed by atoms with Gasteiger partial charge >= 0.3 is 0 Å². The highest BCUT2D eigenvalue weighted by atomic mass is 32.2. The number of benzene rings is 1. The summed E-state index contributed by atoms with van der Waals surface area (Å²) in [5, 5.41) is 2.79. The lowest BCUT2D eigenvalue weighted by atomic mass is 9.94. The van der Waals surface area contributed by atoms with Crippen LogP contribution >= 0.6 is 11.3 Å². The zero-order valence-electron chi connectivity index (χ0n) is 20.3. The van der Waals surface area contributed by atoms with E-state index in [0.717, 1.165) is 11.0 Å². The Morgan fingerprint density at radius 1 is 1.20 bits per heavy atom. The number of carbonyl (C=O) groups excluding carboxylic acids is 1. The molecule has 1 aliphatic heterocycles. The number of nitrogens with one attached hydrogen (secondary N) is 1. The fourth-order valence-electron chi connectivity index (χ4n) is 4.62. The van der Waals surface area contributed by atoms with E-state index >= 15 is 0 Å². The lowest BCUT2D eigenvalue weighted by molar-refractivity contribution is -0.116. The summed E-state index contributed by atoms with van der Waals surface area (Å²) in [6.45, 7) is 8.74. The van der Waals surface area contributed by atoms with E-state index in [9.17, 15) is 18.0 Å². The van der Waals surface area contributed by atoms with Crippen molar-refractivity contribution < 1.29 is 17.9 Å². The van der Waals surface area contributed by atoms with E-state index in [1.807, 2.05) is 20.8 Å². The van der Waals surface area contributed by atoms with Gasteiger partial charge in [-0.05, 0) is 56.4 Å². The van der Waals surface area contributed by atoms with Crippen molar-refractivity contribution in [2.45, 2.75) is 45.6 Å². The van der Waals surface area contributed by atoms with Gasteiger partial charge in [0, 0.05) is 23.7 Å². The largest absolute Gasteiger partial charge is 0.494 e. The van der Waals surface area contributed by atoms with Gasteiger partial charge in [0.1, 0.15) is 22.0 Å². The zero-order chi connectivity index (χ0) is 25.3. The Morgan fingerprint density at radius 3 is 2.49 bits per heavy atom. The lowest BCUT2D eigenvalue weighted by Crippen LogP contribution is -2.42. The minimum atomic E-state index is -3.89. The number of thiophene rings is 1. The summed E-state index contributed by atoms with van der Waals surface area (Å²) in [5.41, 5.74) is 0.0152. The van der Waals surface area contributed by atoms with E-state index in [0.29, 0.717) is 40.8 Å². The maximum atomic E-state index is 13.6. The van der Waals surface area contributed by atoms with Gasteiger partial charge in [-0.3, -0.25) is 14.2 Å². The number of hydrogen-bond acceptors (Lipinski definition) is 7. The summed E-state index contributed by atoms with van der Waals surface area (Å²) >= 11 is 1.18. The second-order valence-corrected chi connectivity index (χ2v) is 12.2. The predicted molar refractivity (Wildman–Crippen MR) is 137 cm³/mol. The van der Waals surface area contributed by atoms with Gasteiger partial charge in [0.15, 0.2) is 0 Å². The first-order chi connectivity index (χ1) is 16.6. The molecule has 1 amide bonds. The van der Waals surface area contributed by atoms with Crippen molar-refractivity contribution in [1.82, 2.24) is 13.9 Å². The van der Waals surface area contributed by atoms with E-state index in [1.165, 1.54) is 22.0 Å². The van der Waals surface area contributed by atoms with Crippen molar-refractivity contribution in [3.8, 4) is 5.75 Å². The molecule has 0 saturated carbocycles. The number of ether oxygens (including phenoxy) is 1. The Kier molecular flexibility index (Phi) is 7.30. The Bertz CT molecular complexity index is 1390. The Labute approximate surface area is 208 Å². The van der Waals surface area contributed by atoms with Gasteiger partial charge in [-0.1, -0.05) is 13.8 Å². The molecule has 2 aromatic heterocycles. The number of rotatable bonds is 7. The third-order valence-electron chi connectivity index (χ3n) is 6.00. The van der Waals surface area contributed by atoms with Gasteiger partial charge in [0.05, 0.1) is 18.3 Å². The monoisotopic (exact) mass is 518 g/mol. The number of aromatic nitrogens is 2. The molecule has 1 fully saturated rings. The highest BCUT2D eigenvalue weighted by Crippen LogP contribution is 2.35.